The molecule has 0 atom stereocenters. The van der Waals surface area contributed by atoms with Crippen molar-refractivity contribution in [2.45, 2.75) is 31.1 Å². The molecule has 1 aliphatic heterocycles. The van der Waals surface area contributed by atoms with Gasteiger partial charge in [-0.3, -0.25) is 14.6 Å². The van der Waals surface area contributed by atoms with Crippen molar-refractivity contribution in [2.24, 2.45) is 0 Å². The number of anilines is 1. The van der Waals surface area contributed by atoms with E-state index in [1.54, 1.807) is 23.1 Å². The second-order valence-electron chi connectivity index (χ2n) is 8.13. The molecule has 2 aromatic carbocycles. The van der Waals surface area contributed by atoms with Crippen LogP contribution in [0.1, 0.15) is 24.8 Å². The lowest BCUT2D eigenvalue weighted by Gasteiger charge is -2.27. The number of thioether (sulfide) groups is 1. The monoisotopic (exact) mass is 539 g/mol. The van der Waals surface area contributed by atoms with Crippen molar-refractivity contribution in [1.29, 1.82) is 0 Å². The fourth-order valence-corrected chi connectivity index (χ4v) is 5.97. The summed E-state index contributed by atoms with van der Waals surface area (Å²) in [6.07, 6.45) is 2.28. The summed E-state index contributed by atoms with van der Waals surface area (Å²) in [5.74, 6) is 1.07. The SMILES string of the molecule is Cc1c(Cl)ccc2sc(N(CCCN3CCOCC3)C(=O)CCCSc3ccccc3)nc12.Cl. The molecule has 2 heterocycles. The number of aryl methyl sites for hydroxylation is 1. The molecule has 0 N–H and O–H groups in total. The molecule has 1 fully saturated rings. The van der Waals surface area contributed by atoms with Crippen molar-refractivity contribution in [2.75, 3.05) is 50.0 Å². The van der Waals surface area contributed by atoms with Gasteiger partial charge in [-0.1, -0.05) is 41.1 Å². The third-order valence-electron chi connectivity index (χ3n) is 5.78. The van der Waals surface area contributed by atoms with Gasteiger partial charge in [0.1, 0.15) is 0 Å². The molecular formula is C25H31Cl2N3O2S2. The predicted octanol–water partition coefficient (Wildman–Crippen LogP) is 6.31. The topological polar surface area (TPSA) is 45.7 Å². The van der Waals surface area contributed by atoms with Crippen LogP contribution in [-0.4, -0.2) is 60.9 Å². The summed E-state index contributed by atoms with van der Waals surface area (Å²) in [6, 6.07) is 14.2. The first-order valence-corrected chi connectivity index (χ1v) is 13.6. The number of ether oxygens (including phenoxy) is 1. The minimum atomic E-state index is 0. The third-order valence-corrected chi connectivity index (χ3v) is 8.33. The molecular weight excluding hydrogens is 509 g/mol. The normalized spacial score (nSPS) is 14.2. The Morgan fingerprint density at radius 2 is 1.94 bits per heavy atom. The van der Waals surface area contributed by atoms with E-state index in [4.69, 9.17) is 21.3 Å². The van der Waals surface area contributed by atoms with Gasteiger partial charge in [-0.05, 0) is 55.3 Å². The maximum Gasteiger partial charge on any atom is 0.228 e. The first-order chi connectivity index (χ1) is 16.1. The maximum atomic E-state index is 13.3. The zero-order valence-electron chi connectivity index (χ0n) is 19.4. The smallest absolute Gasteiger partial charge is 0.228 e. The number of benzene rings is 2. The van der Waals surface area contributed by atoms with Crippen LogP contribution in [0.3, 0.4) is 0 Å². The van der Waals surface area contributed by atoms with Crippen molar-refractivity contribution in [3.8, 4) is 0 Å². The average molecular weight is 541 g/mol. The van der Waals surface area contributed by atoms with Crippen LogP contribution in [0.25, 0.3) is 10.2 Å². The number of amides is 1. The molecule has 1 aliphatic rings. The molecule has 1 saturated heterocycles. The van der Waals surface area contributed by atoms with E-state index in [9.17, 15) is 4.79 Å². The molecule has 0 radical (unpaired) electrons. The highest BCUT2D eigenvalue weighted by molar-refractivity contribution is 7.99. The molecule has 9 heteroatoms. The molecule has 5 nitrogen and oxygen atoms in total. The maximum absolute atomic E-state index is 13.3. The van der Waals surface area contributed by atoms with E-state index in [2.05, 4.69) is 17.0 Å². The van der Waals surface area contributed by atoms with Gasteiger partial charge in [0.05, 0.1) is 23.4 Å². The number of hydrogen-bond acceptors (Lipinski definition) is 6. The fourth-order valence-electron chi connectivity index (χ4n) is 3.87. The Balaban J connectivity index is 0.00000324. The van der Waals surface area contributed by atoms with Crippen LogP contribution in [0.15, 0.2) is 47.4 Å². The Labute approximate surface area is 221 Å². The highest BCUT2D eigenvalue weighted by Crippen LogP contribution is 2.34. The Morgan fingerprint density at radius 1 is 1.18 bits per heavy atom. The largest absolute Gasteiger partial charge is 0.379 e. The lowest BCUT2D eigenvalue weighted by molar-refractivity contribution is -0.118. The number of fused-ring (bicyclic) bond motifs is 1. The quantitative estimate of drug-likeness (QED) is 0.223. The van der Waals surface area contributed by atoms with Gasteiger partial charge in [0.15, 0.2) is 5.13 Å². The van der Waals surface area contributed by atoms with Gasteiger partial charge in [0.25, 0.3) is 0 Å². The number of hydrogen-bond donors (Lipinski definition) is 0. The number of aromatic nitrogens is 1. The van der Waals surface area contributed by atoms with Crippen LogP contribution in [0.2, 0.25) is 5.02 Å². The van der Waals surface area contributed by atoms with Crippen molar-refractivity contribution in [3.63, 3.8) is 0 Å². The van der Waals surface area contributed by atoms with Gasteiger partial charge in [0, 0.05) is 42.5 Å². The molecule has 0 saturated carbocycles. The average Bonchev–Trinajstić information content (AvgIpc) is 3.28. The van der Waals surface area contributed by atoms with Gasteiger partial charge in [0.2, 0.25) is 5.91 Å². The number of morpholine rings is 1. The minimum Gasteiger partial charge on any atom is -0.379 e. The molecule has 184 valence electrons. The summed E-state index contributed by atoms with van der Waals surface area (Å²) < 4.78 is 6.52. The van der Waals surface area contributed by atoms with Crippen LogP contribution in [-0.2, 0) is 9.53 Å². The summed E-state index contributed by atoms with van der Waals surface area (Å²) in [5.41, 5.74) is 1.87. The zero-order chi connectivity index (χ0) is 23.0. The molecule has 0 spiro atoms. The van der Waals surface area contributed by atoms with E-state index < -0.39 is 0 Å². The number of nitrogens with zero attached hydrogens (tertiary/aromatic N) is 3. The van der Waals surface area contributed by atoms with Gasteiger partial charge >= 0.3 is 0 Å². The van der Waals surface area contributed by atoms with Gasteiger partial charge in [-0.15, -0.1) is 24.2 Å². The molecule has 1 aromatic heterocycles. The van der Waals surface area contributed by atoms with Gasteiger partial charge in [-0.2, -0.15) is 0 Å². The highest BCUT2D eigenvalue weighted by atomic mass is 35.5. The van der Waals surface area contributed by atoms with Crippen molar-refractivity contribution < 1.29 is 9.53 Å². The third kappa shape index (κ3) is 7.33. The molecule has 34 heavy (non-hydrogen) atoms. The molecule has 4 rings (SSSR count). The second kappa shape index (κ2) is 13.7. The molecule has 3 aromatic rings. The Kier molecular flexibility index (Phi) is 10.9. The number of thiazole rings is 1. The van der Waals surface area contributed by atoms with Crippen LogP contribution in [0.5, 0.6) is 0 Å². The zero-order valence-corrected chi connectivity index (χ0v) is 22.6. The first-order valence-electron chi connectivity index (χ1n) is 11.5. The van der Waals surface area contributed by atoms with E-state index in [0.717, 1.165) is 72.4 Å². The minimum absolute atomic E-state index is 0. The molecule has 0 aliphatic carbocycles. The second-order valence-corrected chi connectivity index (χ2v) is 10.7. The highest BCUT2D eigenvalue weighted by Gasteiger charge is 2.21. The van der Waals surface area contributed by atoms with Gasteiger partial charge < -0.3 is 4.74 Å². The van der Waals surface area contributed by atoms with Crippen molar-refractivity contribution in [3.05, 3.63) is 53.1 Å². The lowest BCUT2D eigenvalue weighted by atomic mass is 10.2. The van der Waals surface area contributed by atoms with E-state index >= 15 is 0 Å². The first kappa shape index (κ1) is 27.2. The van der Waals surface area contributed by atoms with Crippen molar-refractivity contribution >= 4 is 68.4 Å². The Bertz CT molecular complexity index is 1060. The predicted molar refractivity (Wildman–Crippen MR) is 147 cm³/mol. The van der Waals surface area contributed by atoms with E-state index in [1.165, 1.54) is 4.90 Å². The molecule has 1 amide bonds. The summed E-state index contributed by atoms with van der Waals surface area (Å²) in [7, 11) is 0. The van der Waals surface area contributed by atoms with E-state index in [-0.39, 0.29) is 18.3 Å². The summed E-state index contributed by atoms with van der Waals surface area (Å²) in [6.45, 7) is 7.13. The van der Waals surface area contributed by atoms with Crippen molar-refractivity contribution in [1.82, 2.24) is 9.88 Å². The fraction of sp³-hybridized carbons (Fsp3) is 0.440. The van der Waals surface area contributed by atoms with E-state index in [1.807, 2.05) is 42.2 Å². The summed E-state index contributed by atoms with van der Waals surface area (Å²) >= 11 is 9.68. The molecule has 0 bridgehead atoms. The van der Waals surface area contributed by atoms with Crippen LogP contribution < -0.4 is 4.90 Å². The van der Waals surface area contributed by atoms with Gasteiger partial charge in [-0.25, -0.2) is 4.98 Å². The van der Waals surface area contributed by atoms with Crippen LogP contribution in [0, 0.1) is 6.92 Å². The number of carbonyl (C=O) groups excluding carboxylic acids is 1. The number of rotatable bonds is 10. The lowest BCUT2D eigenvalue weighted by Crippen LogP contribution is -2.39. The Hall–Kier alpha value is -1.35. The summed E-state index contributed by atoms with van der Waals surface area (Å²) in [4.78, 5) is 23.7. The van der Waals surface area contributed by atoms with E-state index in [0.29, 0.717) is 18.0 Å². The number of carbonyl (C=O) groups is 1. The van der Waals surface area contributed by atoms with Crippen LogP contribution in [0.4, 0.5) is 5.13 Å². The number of halogens is 2. The molecule has 0 unspecified atom stereocenters. The van der Waals surface area contributed by atoms with Crippen LogP contribution >= 0.6 is 47.1 Å². The Morgan fingerprint density at radius 3 is 2.71 bits per heavy atom. The summed E-state index contributed by atoms with van der Waals surface area (Å²) in [5, 5.41) is 1.49. The standard InChI is InChI=1S/C25H30ClN3O2S2.ClH/c1-19-21(26)10-11-22-24(19)27-25(33-22)29(13-6-12-28-14-16-31-17-15-28)23(30)9-5-18-32-20-7-3-2-4-8-20;/h2-4,7-8,10-11H,5-6,9,12-18H2,1H3;1H.